The number of aliphatic hydroxyl groups is 1. The fourth-order valence-corrected chi connectivity index (χ4v) is 7.43. The first-order valence-corrected chi connectivity index (χ1v) is 19.4. The van der Waals surface area contributed by atoms with Crippen molar-refractivity contribution in [3.05, 3.63) is 225 Å². The molecule has 0 saturated heterocycles. The van der Waals surface area contributed by atoms with Crippen LogP contribution in [-0.2, 0) is 11.8 Å². The van der Waals surface area contributed by atoms with Crippen molar-refractivity contribution in [1.29, 1.82) is 0 Å². The molecule has 6 heteroatoms. The standard InChI is InChI=1S/C51H46N4O.Mg/c1-6-34-16-20-38(21-17-34)50(56)46-31-30-45(55-46)49(37-22-24-39(25-23-37)51(3,4)5)44-29-28-43(54-44)48(36-18-14-33(2)15-19-36)42-27-26-41(53-42)47(40-13-10-32-52-40)35-11-8-7-9-12-35;/h7-32,48,50,56H,6H2,1-5H3;/q-2;+2/b47-41-,49-44-;. The Labute approximate surface area is 352 Å². The van der Waals surface area contributed by atoms with Gasteiger partial charge in [0.15, 0.2) is 0 Å². The Morgan fingerprint density at radius 2 is 1.23 bits per heavy atom. The van der Waals surface area contributed by atoms with Gasteiger partial charge in [-0.2, -0.15) is 6.20 Å². The van der Waals surface area contributed by atoms with Gasteiger partial charge >= 0.3 is 23.1 Å². The van der Waals surface area contributed by atoms with E-state index in [0.717, 1.165) is 74.0 Å². The van der Waals surface area contributed by atoms with Crippen LogP contribution in [0.25, 0.3) is 11.1 Å². The zero-order chi connectivity index (χ0) is 38.8. The Kier molecular flexibility index (Phi) is 11.8. The van der Waals surface area contributed by atoms with Gasteiger partial charge in [-0.15, -0.1) is 17.1 Å². The molecule has 0 radical (unpaired) electrons. The number of aryl methyl sites for hydroxylation is 2. The summed E-state index contributed by atoms with van der Waals surface area (Å²) in [6, 6.07) is 43.8. The molecule has 0 amide bonds. The van der Waals surface area contributed by atoms with Gasteiger partial charge in [-0.3, -0.25) is 9.98 Å². The summed E-state index contributed by atoms with van der Waals surface area (Å²) in [5.74, 6) is -0.219. The molecule has 8 rings (SSSR count). The maximum atomic E-state index is 11.4. The van der Waals surface area contributed by atoms with Crippen molar-refractivity contribution >= 4 is 45.6 Å². The molecule has 2 atom stereocenters. The minimum atomic E-state index is -0.841. The summed E-state index contributed by atoms with van der Waals surface area (Å²) in [4.78, 5) is 20.5. The predicted molar refractivity (Wildman–Crippen MR) is 236 cm³/mol. The van der Waals surface area contributed by atoms with Crippen LogP contribution in [0.15, 0.2) is 179 Å². The summed E-state index contributed by atoms with van der Waals surface area (Å²) in [6.07, 6.45) is 10.4. The summed E-state index contributed by atoms with van der Waals surface area (Å²) in [5, 5.41) is 11.4. The smallest absolute Gasteiger partial charge is 0.664 e. The monoisotopic (exact) mass is 754 g/mol. The molecule has 4 heterocycles. The molecule has 2 aliphatic heterocycles. The van der Waals surface area contributed by atoms with Crippen molar-refractivity contribution in [2.75, 3.05) is 0 Å². The number of allylic oxidation sites excluding steroid dienone is 4. The topological polar surface area (TPSA) is 73.2 Å². The Hall–Kier alpha value is -5.53. The molecular weight excluding hydrogens is 709 g/mol. The van der Waals surface area contributed by atoms with Crippen LogP contribution >= 0.6 is 0 Å². The normalized spacial score (nSPS) is 16.5. The summed E-state index contributed by atoms with van der Waals surface area (Å²) in [7, 11) is 0. The molecule has 57 heavy (non-hydrogen) atoms. The molecule has 2 aliphatic rings. The van der Waals surface area contributed by atoms with Crippen LogP contribution < -0.4 is 9.97 Å². The van der Waals surface area contributed by atoms with Crippen LogP contribution in [0.1, 0.15) is 95.7 Å². The number of hydrogen-bond donors (Lipinski definition) is 1. The van der Waals surface area contributed by atoms with Crippen LogP contribution in [0.3, 0.4) is 0 Å². The van der Waals surface area contributed by atoms with Crippen LogP contribution in [0.2, 0.25) is 0 Å². The minimum Gasteiger partial charge on any atom is -0.664 e. The average molecular weight is 755 g/mol. The molecule has 0 bridgehead atoms. The fourth-order valence-electron chi connectivity index (χ4n) is 7.43. The maximum Gasteiger partial charge on any atom is 2.00 e. The third-order valence-corrected chi connectivity index (χ3v) is 10.7. The van der Waals surface area contributed by atoms with Crippen LogP contribution in [0.4, 0.5) is 0 Å². The molecule has 0 fully saturated rings. The van der Waals surface area contributed by atoms with Gasteiger partial charge in [-0.1, -0.05) is 161 Å². The summed E-state index contributed by atoms with van der Waals surface area (Å²) < 4.78 is 0. The zero-order valence-electron chi connectivity index (χ0n) is 33.3. The Morgan fingerprint density at radius 1 is 0.632 bits per heavy atom. The van der Waals surface area contributed by atoms with Crippen LogP contribution in [0, 0.1) is 6.92 Å². The summed E-state index contributed by atoms with van der Waals surface area (Å²) in [5.41, 5.74) is 15.4. The number of nitrogens with zero attached hydrogens (tertiary/aromatic N) is 4. The van der Waals surface area contributed by atoms with E-state index in [4.69, 9.17) is 15.0 Å². The number of aliphatic imine (C=N–C) groups is 2. The van der Waals surface area contributed by atoms with E-state index in [9.17, 15) is 5.11 Å². The van der Waals surface area contributed by atoms with Crippen LogP contribution in [-0.4, -0.2) is 39.6 Å². The second kappa shape index (κ2) is 16.9. The third kappa shape index (κ3) is 8.45. The Morgan fingerprint density at radius 3 is 1.81 bits per heavy atom. The molecular formula is C51H46MgN4O. The van der Waals surface area contributed by atoms with Crippen molar-refractivity contribution < 1.29 is 5.11 Å². The van der Waals surface area contributed by atoms with Crippen molar-refractivity contribution in [1.82, 2.24) is 9.97 Å². The molecule has 5 nitrogen and oxygen atoms in total. The number of aliphatic hydroxyl groups excluding tert-OH is 1. The van der Waals surface area contributed by atoms with E-state index in [1.54, 1.807) is 0 Å². The Bertz CT molecular complexity index is 2520. The van der Waals surface area contributed by atoms with Gasteiger partial charge in [0.1, 0.15) is 0 Å². The van der Waals surface area contributed by atoms with E-state index >= 15 is 0 Å². The van der Waals surface area contributed by atoms with Crippen molar-refractivity contribution in [2.45, 2.75) is 58.5 Å². The first-order valence-electron chi connectivity index (χ1n) is 19.4. The molecule has 0 spiro atoms. The van der Waals surface area contributed by atoms with Gasteiger partial charge in [-0.05, 0) is 87.6 Å². The number of benzene rings is 4. The van der Waals surface area contributed by atoms with Gasteiger partial charge in [0.25, 0.3) is 0 Å². The van der Waals surface area contributed by atoms with Gasteiger partial charge in [0.05, 0.1) is 34.8 Å². The summed E-state index contributed by atoms with van der Waals surface area (Å²) in [6.45, 7) is 10.9. The van der Waals surface area contributed by atoms with Gasteiger partial charge < -0.3 is 15.1 Å². The summed E-state index contributed by atoms with van der Waals surface area (Å²) >= 11 is 0. The molecule has 278 valence electrons. The predicted octanol–water partition coefficient (Wildman–Crippen LogP) is 10.5. The first-order chi connectivity index (χ1) is 27.2. The molecule has 2 unspecified atom stereocenters. The van der Waals surface area contributed by atoms with Crippen LogP contribution in [0.5, 0.6) is 0 Å². The average Bonchev–Trinajstić information content (AvgIpc) is 4.07. The maximum absolute atomic E-state index is 11.4. The van der Waals surface area contributed by atoms with E-state index < -0.39 is 6.10 Å². The molecule has 2 aromatic heterocycles. The number of hydrogen-bond acceptors (Lipinski definition) is 3. The van der Waals surface area contributed by atoms with Crippen molar-refractivity contribution in [3.8, 4) is 0 Å². The quantitative estimate of drug-likeness (QED) is 0.142. The first kappa shape index (κ1) is 39.7. The minimum absolute atomic E-state index is 0. The van der Waals surface area contributed by atoms with E-state index in [2.05, 4.69) is 137 Å². The molecule has 0 aliphatic carbocycles. The van der Waals surface area contributed by atoms with Gasteiger partial charge in [0.2, 0.25) is 0 Å². The van der Waals surface area contributed by atoms with E-state index in [-0.39, 0.29) is 34.4 Å². The number of aromatic nitrogens is 2. The molecule has 1 N–H and O–H groups in total. The third-order valence-electron chi connectivity index (χ3n) is 10.7. The van der Waals surface area contributed by atoms with Gasteiger partial charge in [0, 0.05) is 0 Å². The number of rotatable bonds is 10. The van der Waals surface area contributed by atoms with Gasteiger partial charge in [-0.25, -0.2) is 0 Å². The van der Waals surface area contributed by atoms with Crippen molar-refractivity contribution in [2.24, 2.45) is 9.98 Å². The fraction of sp³-hybridized carbons (Fsp3) is 0.176. The van der Waals surface area contributed by atoms with E-state index in [1.807, 2.05) is 60.8 Å². The van der Waals surface area contributed by atoms with E-state index in [1.165, 1.54) is 16.7 Å². The van der Waals surface area contributed by atoms with Crippen molar-refractivity contribution in [3.63, 3.8) is 0 Å². The second-order valence-electron chi connectivity index (χ2n) is 15.6. The largest absolute Gasteiger partial charge is 2.00 e. The molecule has 0 saturated carbocycles. The van der Waals surface area contributed by atoms with E-state index in [0.29, 0.717) is 5.69 Å². The zero-order valence-corrected chi connectivity index (χ0v) is 34.7. The molecule has 4 aromatic carbocycles. The molecule has 6 aromatic rings. The Balaban J connectivity index is 0.00000496. The SMILES string of the molecule is CCc1ccc(C(O)c2ccc(/C(=C3/C=CC(C(C4=N/C(=C(/c5ccccc5)c5ccc[n-]5)C=C4)c4ccc(C)cc4)=N3)c3ccc(C(C)(C)C)cc3)[n-]2)cc1.[Mg+2]. The second-order valence-corrected chi connectivity index (χ2v) is 15.6.